The van der Waals surface area contributed by atoms with E-state index in [0.29, 0.717) is 0 Å². The molecule has 0 aliphatic heterocycles. The Morgan fingerprint density at radius 2 is 1.63 bits per heavy atom. The van der Waals surface area contributed by atoms with Crippen LogP contribution >= 0.6 is 0 Å². The second-order valence-corrected chi connectivity index (χ2v) is 5.79. The van der Waals surface area contributed by atoms with Crippen molar-refractivity contribution in [2.24, 2.45) is 5.92 Å². The highest BCUT2D eigenvalue weighted by atomic mass is 16.1. The Kier molecular flexibility index (Phi) is 11.7. The van der Waals surface area contributed by atoms with Gasteiger partial charge in [0.1, 0.15) is 6.29 Å². The lowest BCUT2D eigenvalue weighted by Crippen LogP contribution is -1.93. The molecule has 1 atom stereocenters. The number of carbonyl (C=O) groups excluding carboxylic acids is 1. The van der Waals surface area contributed by atoms with Gasteiger partial charge >= 0.3 is 0 Å². The second kappa shape index (κ2) is 12.2. The summed E-state index contributed by atoms with van der Waals surface area (Å²) >= 11 is 0. The number of hydrogen-bond acceptors (Lipinski definition) is 1. The van der Waals surface area contributed by atoms with Gasteiger partial charge < -0.3 is 4.79 Å². The highest BCUT2D eigenvalue weighted by molar-refractivity contribution is 5.52. The van der Waals surface area contributed by atoms with Crippen molar-refractivity contribution in [3.8, 4) is 0 Å². The van der Waals surface area contributed by atoms with E-state index in [4.69, 9.17) is 0 Å². The topological polar surface area (TPSA) is 17.1 Å². The molecule has 0 aromatic rings. The zero-order chi connectivity index (χ0) is 14.5. The first-order chi connectivity index (χ1) is 9.10. The van der Waals surface area contributed by atoms with Crippen LogP contribution in [0.4, 0.5) is 0 Å². The van der Waals surface area contributed by atoms with Crippen LogP contribution in [0.25, 0.3) is 0 Å². The van der Waals surface area contributed by atoms with E-state index in [-0.39, 0.29) is 5.92 Å². The van der Waals surface area contributed by atoms with E-state index in [0.717, 1.165) is 32.0 Å². The van der Waals surface area contributed by atoms with Gasteiger partial charge in [-0.05, 0) is 52.4 Å². The molecule has 0 N–H and O–H groups in total. The number of aldehydes is 1. The van der Waals surface area contributed by atoms with Crippen LogP contribution in [0.1, 0.15) is 79.1 Å². The maximum atomic E-state index is 10.5. The highest BCUT2D eigenvalue weighted by Crippen LogP contribution is 2.13. The molecule has 0 aromatic heterocycles. The minimum absolute atomic E-state index is 0.199. The first-order valence-electron chi connectivity index (χ1n) is 7.86. The van der Waals surface area contributed by atoms with Gasteiger partial charge in [0.15, 0.2) is 0 Å². The van der Waals surface area contributed by atoms with Crippen LogP contribution in [0, 0.1) is 5.92 Å². The summed E-state index contributed by atoms with van der Waals surface area (Å²) < 4.78 is 0. The summed E-state index contributed by atoms with van der Waals surface area (Å²) in [6, 6.07) is 0. The van der Waals surface area contributed by atoms with Gasteiger partial charge in [-0.25, -0.2) is 0 Å². The Morgan fingerprint density at radius 1 is 1.00 bits per heavy atom. The second-order valence-electron chi connectivity index (χ2n) is 5.79. The third-order valence-corrected chi connectivity index (χ3v) is 3.55. The van der Waals surface area contributed by atoms with Crippen molar-refractivity contribution in [3.05, 3.63) is 23.3 Å². The summed E-state index contributed by atoms with van der Waals surface area (Å²) in [5.41, 5.74) is 2.99. The highest BCUT2D eigenvalue weighted by Gasteiger charge is 1.97. The third kappa shape index (κ3) is 11.9. The zero-order valence-corrected chi connectivity index (χ0v) is 13.4. The Hall–Kier alpha value is -0.850. The molecule has 0 saturated carbocycles. The van der Waals surface area contributed by atoms with E-state index in [1.165, 1.54) is 36.8 Å². The van der Waals surface area contributed by atoms with Gasteiger partial charge in [-0.2, -0.15) is 0 Å². The van der Waals surface area contributed by atoms with E-state index in [9.17, 15) is 4.79 Å². The Morgan fingerprint density at radius 3 is 2.26 bits per heavy atom. The number of carbonyl (C=O) groups is 1. The molecular formula is C18H32O. The van der Waals surface area contributed by atoms with E-state index >= 15 is 0 Å². The molecule has 1 heteroatoms. The fourth-order valence-corrected chi connectivity index (χ4v) is 2.06. The summed E-state index contributed by atoms with van der Waals surface area (Å²) in [5, 5.41) is 0. The fraction of sp³-hybridized carbons (Fsp3) is 0.722. The molecule has 110 valence electrons. The van der Waals surface area contributed by atoms with Gasteiger partial charge in [0, 0.05) is 5.92 Å². The predicted octanol–water partition coefficient (Wildman–Crippen LogP) is 5.85. The van der Waals surface area contributed by atoms with Gasteiger partial charge in [-0.1, -0.05) is 50.0 Å². The largest absolute Gasteiger partial charge is 0.303 e. The minimum atomic E-state index is 0.199. The molecule has 0 saturated heterocycles. The van der Waals surface area contributed by atoms with Crippen molar-refractivity contribution in [1.29, 1.82) is 0 Å². The Bertz CT molecular complexity index is 286. The molecule has 0 bridgehead atoms. The summed E-state index contributed by atoms with van der Waals surface area (Å²) in [6.07, 6.45) is 15.3. The van der Waals surface area contributed by atoms with Crippen LogP contribution < -0.4 is 0 Å². The van der Waals surface area contributed by atoms with Crippen molar-refractivity contribution < 1.29 is 4.79 Å². The van der Waals surface area contributed by atoms with E-state index in [1.807, 2.05) is 6.92 Å². The van der Waals surface area contributed by atoms with Crippen LogP contribution in [0.15, 0.2) is 23.3 Å². The van der Waals surface area contributed by atoms with E-state index in [1.54, 1.807) is 0 Å². The maximum absolute atomic E-state index is 10.5. The average molecular weight is 264 g/mol. The fourth-order valence-electron chi connectivity index (χ4n) is 2.06. The number of unbranched alkanes of at least 4 members (excludes halogenated alkanes) is 2. The first-order valence-corrected chi connectivity index (χ1v) is 7.86. The lowest BCUT2D eigenvalue weighted by atomic mass is 10.0. The predicted molar refractivity (Wildman–Crippen MR) is 85.4 cm³/mol. The van der Waals surface area contributed by atoms with Gasteiger partial charge in [0.05, 0.1) is 0 Å². The Balaban J connectivity index is 3.76. The van der Waals surface area contributed by atoms with Gasteiger partial charge in [0.25, 0.3) is 0 Å². The SMILES string of the molecule is CCCCC/C(C)=C/CC/C(C)=C/CCC(C)C=O. The lowest BCUT2D eigenvalue weighted by Gasteiger charge is -2.03. The Labute approximate surface area is 120 Å². The lowest BCUT2D eigenvalue weighted by molar-refractivity contribution is -0.110. The molecule has 0 rings (SSSR count). The third-order valence-electron chi connectivity index (χ3n) is 3.55. The molecular weight excluding hydrogens is 232 g/mol. The van der Waals surface area contributed by atoms with Crippen molar-refractivity contribution >= 4 is 6.29 Å². The molecule has 1 unspecified atom stereocenters. The monoisotopic (exact) mass is 264 g/mol. The minimum Gasteiger partial charge on any atom is -0.303 e. The standard InChI is InChI=1S/C18H32O/c1-5-6-7-10-16(2)11-8-12-17(3)13-9-14-18(4)15-19/h11,13,15,18H,5-10,12,14H2,1-4H3/b16-11+,17-13+. The first kappa shape index (κ1) is 18.1. The molecule has 0 aliphatic rings. The molecule has 0 amide bonds. The molecule has 0 fully saturated rings. The maximum Gasteiger partial charge on any atom is 0.122 e. The van der Waals surface area contributed by atoms with Gasteiger partial charge in [-0.3, -0.25) is 0 Å². The van der Waals surface area contributed by atoms with Crippen LogP contribution in [0.5, 0.6) is 0 Å². The molecule has 19 heavy (non-hydrogen) atoms. The van der Waals surface area contributed by atoms with Crippen LogP contribution in [-0.2, 0) is 4.79 Å². The van der Waals surface area contributed by atoms with Crippen LogP contribution in [-0.4, -0.2) is 6.29 Å². The number of hydrogen-bond donors (Lipinski definition) is 0. The van der Waals surface area contributed by atoms with Crippen molar-refractivity contribution in [1.82, 2.24) is 0 Å². The van der Waals surface area contributed by atoms with Gasteiger partial charge in [0.2, 0.25) is 0 Å². The van der Waals surface area contributed by atoms with Crippen molar-refractivity contribution in [2.45, 2.75) is 79.1 Å². The zero-order valence-electron chi connectivity index (χ0n) is 13.4. The number of rotatable bonds is 11. The molecule has 0 aliphatic carbocycles. The average Bonchev–Trinajstić information content (AvgIpc) is 2.38. The molecule has 0 aromatic carbocycles. The molecule has 0 radical (unpaired) electrons. The molecule has 1 nitrogen and oxygen atoms in total. The van der Waals surface area contributed by atoms with E-state index in [2.05, 4.69) is 32.9 Å². The van der Waals surface area contributed by atoms with E-state index < -0.39 is 0 Å². The normalized spacial score (nSPS) is 14.5. The van der Waals surface area contributed by atoms with Crippen LogP contribution in [0.3, 0.4) is 0 Å². The van der Waals surface area contributed by atoms with Crippen LogP contribution in [0.2, 0.25) is 0 Å². The molecule has 0 spiro atoms. The smallest absolute Gasteiger partial charge is 0.122 e. The summed E-state index contributed by atoms with van der Waals surface area (Å²) in [4.78, 5) is 10.5. The quantitative estimate of drug-likeness (QED) is 0.260. The summed E-state index contributed by atoms with van der Waals surface area (Å²) in [7, 11) is 0. The summed E-state index contributed by atoms with van der Waals surface area (Å²) in [6.45, 7) is 8.68. The van der Waals surface area contributed by atoms with Crippen molar-refractivity contribution in [2.75, 3.05) is 0 Å². The van der Waals surface area contributed by atoms with Crippen molar-refractivity contribution in [3.63, 3.8) is 0 Å². The summed E-state index contributed by atoms with van der Waals surface area (Å²) in [5.74, 6) is 0.199. The number of allylic oxidation sites excluding steroid dienone is 4. The molecule has 0 heterocycles. The van der Waals surface area contributed by atoms with Gasteiger partial charge in [-0.15, -0.1) is 0 Å².